The molecule has 1 aromatic heterocycles. The quantitative estimate of drug-likeness (QED) is 0.490. The lowest BCUT2D eigenvalue weighted by molar-refractivity contribution is 0.208. The second-order valence-corrected chi connectivity index (χ2v) is 11.7. The van der Waals surface area contributed by atoms with Crippen LogP contribution in [0.25, 0.3) is 0 Å². The van der Waals surface area contributed by atoms with Gasteiger partial charge in [0.15, 0.2) is 4.60 Å². The molecule has 0 bridgehead atoms. The van der Waals surface area contributed by atoms with Crippen LogP contribution in [0.15, 0.2) is 13.7 Å². The number of hydrogen-bond acceptors (Lipinski definition) is 5. The molecule has 4 nitrogen and oxygen atoms in total. The lowest BCUT2D eigenvalue weighted by Gasteiger charge is -2.20. The molecule has 0 amide bonds. The van der Waals surface area contributed by atoms with Gasteiger partial charge in [-0.25, -0.2) is 0 Å². The molecule has 1 atom stereocenters. The Morgan fingerprint density at radius 3 is 2.50 bits per heavy atom. The summed E-state index contributed by atoms with van der Waals surface area (Å²) in [5.74, 6) is 0.901. The molecule has 104 valence electrons. The van der Waals surface area contributed by atoms with Crippen LogP contribution < -0.4 is 4.62 Å². The van der Waals surface area contributed by atoms with Crippen LogP contribution >= 0.6 is 64.9 Å². The molecule has 1 unspecified atom stereocenters. The summed E-state index contributed by atoms with van der Waals surface area (Å²) in [6, 6.07) is 0. The van der Waals surface area contributed by atoms with E-state index in [0.717, 1.165) is 16.6 Å². The summed E-state index contributed by atoms with van der Waals surface area (Å²) in [6.07, 6.45) is 1.02. The van der Waals surface area contributed by atoms with E-state index in [9.17, 15) is 0 Å². The third kappa shape index (κ3) is 4.75. The van der Waals surface area contributed by atoms with Gasteiger partial charge in [0.2, 0.25) is 0 Å². The zero-order valence-corrected chi connectivity index (χ0v) is 17.0. The minimum Gasteiger partial charge on any atom is -0.329 e. The fraction of sp³-hybridized carbons (Fsp3) is 0.625. The molecule has 0 saturated carbocycles. The largest absolute Gasteiger partial charge is 0.329 e. The Morgan fingerprint density at radius 2 is 2.06 bits per heavy atom. The summed E-state index contributed by atoms with van der Waals surface area (Å²) in [7, 11) is 0. The van der Waals surface area contributed by atoms with Gasteiger partial charge < -0.3 is 9.15 Å². The molecular weight excluding hydrogens is 491 g/mol. The third-order valence-corrected chi connectivity index (χ3v) is 10.0. The van der Waals surface area contributed by atoms with Crippen molar-refractivity contribution in [3.05, 3.63) is 13.7 Å². The SMILES string of the molecule is CCCSP(=S)(OCC)On1nc(Br)c(Br)c1Br. The molecule has 0 saturated heterocycles. The van der Waals surface area contributed by atoms with Gasteiger partial charge in [0.25, 0.3) is 0 Å². The topological polar surface area (TPSA) is 36.3 Å². The highest BCUT2D eigenvalue weighted by molar-refractivity contribution is 9.14. The van der Waals surface area contributed by atoms with Crippen LogP contribution in [0.2, 0.25) is 0 Å². The Hall–Kier alpha value is 1.41. The van der Waals surface area contributed by atoms with E-state index in [4.69, 9.17) is 21.0 Å². The van der Waals surface area contributed by atoms with Crippen molar-refractivity contribution >= 4 is 76.7 Å². The first-order valence-electron chi connectivity index (χ1n) is 5.12. The molecule has 1 rings (SSSR count). The van der Waals surface area contributed by atoms with Gasteiger partial charge in [0.05, 0.1) is 11.1 Å². The van der Waals surface area contributed by atoms with Crippen molar-refractivity contribution in [1.29, 1.82) is 0 Å². The molecule has 0 radical (unpaired) electrons. The van der Waals surface area contributed by atoms with Crippen molar-refractivity contribution in [3.63, 3.8) is 0 Å². The third-order valence-electron chi connectivity index (χ3n) is 1.63. The number of aromatic nitrogens is 2. The molecule has 0 aliphatic heterocycles. The van der Waals surface area contributed by atoms with Crippen LogP contribution in [0.4, 0.5) is 0 Å². The normalized spacial score (nSPS) is 14.5. The fourth-order valence-corrected chi connectivity index (χ4v) is 6.68. The smallest absolute Gasteiger partial charge is 0.321 e. The molecule has 1 heterocycles. The standard InChI is InChI=1S/C8H12Br3N2O2PS2/c1-3-5-18-16(17,14-4-2)15-13-8(11)6(9)7(10)12-13/h3-5H2,1-2H3. The number of halogens is 3. The van der Waals surface area contributed by atoms with Crippen LogP contribution in [0.3, 0.4) is 0 Å². The first-order valence-corrected chi connectivity index (χ1v) is 11.7. The highest BCUT2D eigenvalue weighted by Crippen LogP contribution is 2.58. The van der Waals surface area contributed by atoms with Gasteiger partial charge in [0, 0.05) is 5.75 Å². The van der Waals surface area contributed by atoms with Gasteiger partial charge in [-0.15, -0.1) is 5.10 Å². The van der Waals surface area contributed by atoms with Gasteiger partial charge >= 0.3 is 5.69 Å². The Kier molecular flexibility index (Phi) is 7.76. The van der Waals surface area contributed by atoms with E-state index in [1.54, 1.807) is 0 Å². The zero-order chi connectivity index (χ0) is 13.8. The van der Waals surface area contributed by atoms with Crippen molar-refractivity contribution in [2.24, 2.45) is 0 Å². The van der Waals surface area contributed by atoms with Gasteiger partial charge in [-0.05, 0) is 72.9 Å². The van der Waals surface area contributed by atoms with Crippen molar-refractivity contribution in [2.75, 3.05) is 12.4 Å². The summed E-state index contributed by atoms with van der Waals surface area (Å²) in [4.78, 5) is 1.35. The fourth-order valence-electron chi connectivity index (χ4n) is 0.931. The summed E-state index contributed by atoms with van der Waals surface area (Å²) < 4.78 is 13.4. The highest BCUT2D eigenvalue weighted by Gasteiger charge is 2.24. The van der Waals surface area contributed by atoms with E-state index in [1.165, 1.54) is 16.2 Å². The lowest BCUT2D eigenvalue weighted by Crippen LogP contribution is -2.11. The van der Waals surface area contributed by atoms with E-state index in [2.05, 4.69) is 59.8 Å². The molecule has 0 N–H and O–H groups in total. The zero-order valence-electron chi connectivity index (χ0n) is 9.73. The minimum atomic E-state index is -2.41. The van der Waals surface area contributed by atoms with Crippen LogP contribution in [0.1, 0.15) is 20.3 Å². The van der Waals surface area contributed by atoms with Crippen molar-refractivity contribution in [2.45, 2.75) is 20.3 Å². The average Bonchev–Trinajstić information content (AvgIpc) is 2.55. The monoisotopic (exact) mass is 500 g/mol. The second kappa shape index (κ2) is 8.00. The Balaban J connectivity index is 2.89. The number of hydrogen-bond donors (Lipinski definition) is 0. The maximum atomic E-state index is 5.74. The van der Waals surface area contributed by atoms with Crippen LogP contribution in [0, 0.1) is 0 Å². The molecule has 0 aliphatic rings. The van der Waals surface area contributed by atoms with Gasteiger partial charge in [-0.1, -0.05) is 23.2 Å². The van der Waals surface area contributed by atoms with E-state index in [1.807, 2.05) is 6.92 Å². The Morgan fingerprint density at radius 1 is 1.39 bits per heavy atom. The highest BCUT2D eigenvalue weighted by atomic mass is 79.9. The molecule has 0 aliphatic carbocycles. The number of nitrogens with zero attached hydrogens (tertiary/aromatic N) is 2. The van der Waals surface area contributed by atoms with E-state index in [-0.39, 0.29) is 0 Å². The van der Waals surface area contributed by atoms with Crippen molar-refractivity contribution < 1.29 is 9.15 Å². The molecule has 10 heteroatoms. The van der Waals surface area contributed by atoms with E-state index in [0.29, 0.717) is 15.8 Å². The van der Waals surface area contributed by atoms with E-state index >= 15 is 0 Å². The number of rotatable bonds is 7. The first kappa shape index (κ1) is 17.5. The van der Waals surface area contributed by atoms with Gasteiger partial charge in [0.1, 0.15) is 4.60 Å². The molecule has 0 aromatic carbocycles. The van der Waals surface area contributed by atoms with Gasteiger partial charge in [-0.2, -0.15) is 0 Å². The van der Waals surface area contributed by atoms with Crippen LogP contribution in [0.5, 0.6) is 0 Å². The minimum absolute atomic E-state index is 0.523. The Labute approximate surface area is 141 Å². The maximum Gasteiger partial charge on any atom is 0.321 e. The Bertz CT molecular complexity index is 458. The second-order valence-electron chi connectivity index (χ2n) is 3.05. The van der Waals surface area contributed by atoms with Crippen LogP contribution in [-0.2, 0) is 16.3 Å². The predicted molar refractivity (Wildman–Crippen MR) is 90.6 cm³/mol. The molecule has 1 aromatic rings. The summed E-state index contributed by atoms with van der Waals surface area (Å²) >= 11 is 17.1. The molecule has 18 heavy (non-hydrogen) atoms. The van der Waals surface area contributed by atoms with Crippen molar-refractivity contribution in [1.82, 2.24) is 9.94 Å². The molecular formula is C8H12Br3N2O2PS2. The molecule has 0 spiro atoms. The summed E-state index contributed by atoms with van der Waals surface area (Å²) in [5, 5.41) is 4.17. The molecule has 0 fully saturated rings. The van der Waals surface area contributed by atoms with Crippen molar-refractivity contribution in [3.8, 4) is 0 Å². The average molecular weight is 503 g/mol. The van der Waals surface area contributed by atoms with E-state index < -0.39 is 5.69 Å². The first-order chi connectivity index (χ1) is 8.43. The summed E-state index contributed by atoms with van der Waals surface area (Å²) in [5.41, 5.74) is -2.41. The van der Waals surface area contributed by atoms with Gasteiger partial charge in [-0.3, -0.25) is 0 Å². The lowest BCUT2D eigenvalue weighted by atomic mass is 10.6. The maximum absolute atomic E-state index is 5.74. The predicted octanol–water partition coefficient (Wildman–Crippen LogP) is 5.00. The van der Waals surface area contributed by atoms with Crippen LogP contribution in [-0.4, -0.2) is 22.3 Å². The summed E-state index contributed by atoms with van der Waals surface area (Å²) in [6.45, 7) is 4.52.